The summed E-state index contributed by atoms with van der Waals surface area (Å²) >= 11 is 0. The molecule has 0 aromatic carbocycles. The van der Waals surface area contributed by atoms with Gasteiger partial charge in [-0.2, -0.15) is 5.10 Å². The molecule has 1 aliphatic rings. The van der Waals surface area contributed by atoms with E-state index in [1.54, 1.807) is 0 Å². The van der Waals surface area contributed by atoms with Crippen LogP contribution in [0.2, 0.25) is 0 Å². The van der Waals surface area contributed by atoms with E-state index in [-0.39, 0.29) is 6.10 Å². The minimum Gasteiger partial charge on any atom is -0.487 e. The fraction of sp³-hybridized carbons (Fsp3) is 0.786. The predicted molar refractivity (Wildman–Crippen MR) is 74.6 cm³/mol. The Morgan fingerprint density at radius 2 is 2.11 bits per heavy atom. The molecule has 2 unspecified atom stereocenters. The highest BCUT2D eigenvalue weighted by molar-refractivity contribution is 5.31. The normalized spacial score (nSPS) is 22.9. The van der Waals surface area contributed by atoms with Crippen molar-refractivity contribution in [1.82, 2.24) is 15.1 Å². The van der Waals surface area contributed by atoms with E-state index >= 15 is 0 Å². The molecule has 1 fully saturated rings. The summed E-state index contributed by atoms with van der Waals surface area (Å²) in [4.78, 5) is 0. The first-order valence-electron chi connectivity index (χ1n) is 7.11. The van der Waals surface area contributed by atoms with Crippen molar-refractivity contribution in [1.29, 1.82) is 0 Å². The second-order valence-electron chi connectivity index (χ2n) is 5.20. The molecule has 1 aromatic rings. The van der Waals surface area contributed by atoms with E-state index in [9.17, 15) is 0 Å². The largest absolute Gasteiger partial charge is 0.487 e. The molecule has 108 valence electrons. The first-order chi connectivity index (χ1) is 9.11. The molecule has 1 saturated heterocycles. The summed E-state index contributed by atoms with van der Waals surface area (Å²) in [5.41, 5.74) is 2.02. The standard InChI is InChI=1S/C14H25N3O2/c1-5-15-8-12-6-7-13(19-12)9-18-14-10(2)16-17(4)11(14)3/h12-13,15H,5-9H2,1-4H3. The first-order valence-corrected chi connectivity index (χ1v) is 7.11. The Morgan fingerprint density at radius 3 is 2.74 bits per heavy atom. The highest BCUT2D eigenvalue weighted by Crippen LogP contribution is 2.24. The lowest BCUT2D eigenvalue weighted by Crippen LogP contribution is -2.28. The molecule has 0 amide bonds. The van der Waals surface area contributed by atoms with E-state index < -0.39 is 0 Å². The van der Waals surface area contributed by atoms with Crippen LogP contribution in [0, 0.1) is 13.8 Å². The minimum atomic E-state index is 0.211. The van der Waals surface area contributed by atoms with E-state index in [4.69, 9.17) is 9.47 Å². The van der Waals surface area contributed by atoms with Crippen molar-refractivity contribution in [3.63, 3.8) is 0 Å². The first kappa shape index (κ1) is 14.3. The third-order valence-corrected chi connectivity index (χ3v) is 3.67. The molecule has 5 heteroatoms. The molecule has 1 aromatic heterocycles. The van der Waals surface area contributed by atoms with Gasteiger partial charge < -0.3 is 14.8 Å². The van der Waals surface area contributed by atoms with Crippen molar-refractivity contribution in [2.75, 3.05) is 19.7 Å². The van der Waals surface area contributed by atoms with E-state index in [1.165, 1.54) is 0 Å². The quantitative estimate of drug-likeness (QED) is 0.850. The van der Waals surface area contributed by atoms with Gasteiger partial charge in [0.05, 0.1) is 17.9 Å². The fourth-order valence-electron chi connectivity index (χ4n) is 2.50. The summed E-state index contributed by atoms with van der Waals surface area (Å²) in [6.07, 6.45) is 2.74. The molecule has 2 heterocycles. The molecular formula is C14H25N3O2. The number of hydrogen-bond acceptors (Lipinski definition) is 4. The molecule has 1 aliphatic heterocycles. The number of hydrogen-bond donors (Lipinski definition) is 1. The molecular weight excluding hydrogens is 242 g/mol. The van der Waals surface area contributed by atoms with Gasteiger partial charge in [-0.3, -0.25) is 4.68 Å². The molecule has 5 nitrogen and oxygen atoms in total. The second-order valence-corrected chi connectivity index (χ2v) is 5.20. The van der Waals surface area contributed by atoms with Gasteiger partial charge in [-0.1, -0.05) is 6.92 Å². The van der Waals surface area contributed by atoms with Crippen LogP contribution in [0.5, 0.6) is 5.75 Å². The van der Waals surface area contributed by atoms with Crippen LogP contribution in [-0.2, 0) is 11.8 Å². The van der Waals surface area contributed by atoms with E-state index in [2.05, 4.69) is 17.3 Å². The summed E-state index contributed by atoms with van der Waals surface area (Å²) in [5, 5.41) is 7.68. The van der Waals surface area contributed by atoms with Crippen LogP contribution in [-0.4, -0.2) is 41.7 Å². The third kappa shape index (κ3) is 3.48. The third-order valence-electron chi connectivity index (χ3n) is 3.67. The van der Waals surface area contributed by atoms with Crippen molar-refractivity contribution < 1.29 is 9.47 Å². The maximum Gasteiger partial charge on any atom is 0.163 e. The van der Waals surface area contributed by atoms with Crippen molar-refractivity contribution in [3.05, 3.63) is 11.4 Å². The Balaban J connectivity index is 1.80. The Bertz CT molecular complexity index is 417. The zero-order chi connectivity index (χ0) is 13.8. The molecule has 0 aliphatic carbocycles. The van der Waals surface area contributed by atoms with E-state index in [1.807, 2.05) is 25.6 Å². The molecule has 0 bridgehead atoms. The number of nitrogens with zero attached hydrogens (tertiary/aromatic N) is 2. The SMILES string of the molecule is CCNCC1CCC(COc2c(C)nn(C)c2C)O1. The summed E-state index contributed by atoms with van der Waals surface area (Å²) in [6, 6.07) is 0. The molecule has 2 atom stereocenters. The summed E-state index contributed by atoms with van der Waals surface area (Å²) in [7, 11) is 1.94. The highest BCUT2D eigenvalue weighted by atomic mass is 16.5. The van der Waals surface area contributed by atoms with Crippen molar-refractivity contribution >= 4 is 0 Å². The van der Waals surface area contributed by atoms with Crippen LogP contribution in [0.4, 0.5) is 0 Å². The predicted octanol–water partition coefficient (Wildman–Crippen LogP) is 1.57. The topological polar surface area (TPSA) is 48.3 Å². The van der Waals surface area contributed by atoms with Crippen molar-refractivity contribution in [2.24, 2.45) is 7.05 Å². The maximum absolute atomic E-state index is 5.96. The molecule has 0 saturated carbocycles. The lowest BCUT2D eigenvalue weighted by Gasteiger charge is -2.15. The second kappa shape index (κ2) is 6.39. The van der Waals surface area contributed by atoms with Crippen LogP contribution in [0.1, 0.15) is 31.2 Å². The van der Waals surface area contributed by atoms with Gasteiger partial charge in [0.15, 0.2) is 5.75 Å². The lowest BCUT2D eigenvalue weighted by atomic mass is 10.2. The van der Waals surface area contributed by atoms with Crippen molar-refractivity contribution in [2.45, 2.75) is 45.8 Å². The number of nitrogens with one attached hydrogen (secondary N) is 1. The zero-order valence-electron chi connectivity index (χ0n) is 12.4. The van der Waals surface area contributed by atoms with Gasteiger partial charge in [-0.25, -0.2) is 0 Å². The highest BCUT2D eigenvalue weighted by Gasteiger charge is 2.26. The summed E-state index contributed by atoms with van der Waals surface area (Å²) < 4.78 is 13.7. The number of aromatic nitrogens is 2. The Kier molecular flexibility index (Phi) is 4.82. The van der Waals surface area contributed by atoms with Gasteiger partial charge in [-0.15, -0.1) is 0 Å². The fourth-order valence-corrected chi connectivity index (χ4v) is 2.50. The maximum atomic E-state index is 5.96. The number of rotatable bonds is 6. The number of likely N-dealkylation sites (N-methyl/N-ethyl adjacent to an activating group) is 1. The molecule has 2 rings (SSSR count). The van der Waals surface area contributed by atoms with Gasteiger partial charge in [0, 0.05) is 13.6 Å². The monoisotopic (exact) mass is 267 g/mol. The molecule has 0 spiro atoms. The Labute approximate surface area is 115 Å². The molecule has 0 radical (unpaired) electrons. The summed E-state index contributed by atoms with van der Waals surface area (Å²) in [5.74, 6) is 0.904. The van der Waals surface area contributed by atoms with Crippen LogP contribution in [0.15, 0.2) is 0 Å². The van der Waals surface area contributed by atoms with Crippen molar-refractivity contribution in [3.8, 4) is 5.75 Å². The van der Waals surface area contributed by atoms with Gasteiger partial charge in [0.2, 0.25) is 0 Å². The van der Waals surface area contributed by atoms with Crippen LogP contribution in [0.3, 0.4) is 0 Å². The minimum absolute atomic E-state index is 0.211. The zero-order valence-corrected chi connectivity index (χ0v) is 12.4. The number of aryl methyl sites for hydroxylation is 2. The van der Waals surface area contributed by atoms with E-state index in [0.717, 1.165) is 43.1 Å². The Hall–Kier alpha value is -1.07. The van der Waals surface area contributed by atoms with E-state index in [0.29, 0.717) is 12.7 Å². The van der Waals surface area contributed by atoms with Crippen LogP contribution in [0.25, 0.3) is 0 Å². The average molecular weight is 267 g/mol. The average Bonchev–Trinajstić information content (AvgIpc) is 2.92. The Morgan fingerprint density at radius 1 is 1.37 bits per heavy atom. The molecule has 19 heavy (non-hydrogen) atoms. The smallest absolute Gasteiger partial charge is 0.163 e. The molecule has 1 N–H and O–H groups in total. The van der Waals surface area contributed by atoms with Gasteiger partial charge in [-0.05, 0) is 33.2 Å². The van der Waals surface area contributed by atoms with Crippen LogP contribution < -0.4 is 10.1 Å². The van der Waals surface area contributed by atoms with Gasteiger partial charge in [0.1, 0.15) is 12.3 Å². The van der Waals surface area contributed by atoms with Gasteiger partial charge >= 0.3 is 0 Å². The lowest BCUT2D eigenvalue weighted by molar-refractivity contribution is 0.0185. The van der Waals surface area contributed by atoms with Crippen LogP contribution >= 0.6 is 0 Å². The summed E-state index contributed by atoms with van der Waals surface area (Å²) in [6.45, 7) is 8.68. The van der Waals surface area contributed by atoms with Gasteiger partial charge in [0.25, 0.3) is 0 Å². The number of ether oxygens (including phenoxy) is 2.